The van der Waals surface area contributed by atoms with Crippen LogP contribution in [0.1, 0.15) is 32.0 Å². The third-order valence-corrected chi connectivity index (χ3v) is 3.88. The maximum absolute atomic E-state index is 5.56. The number of oxazole rings is 1. The first-order valence-corrected chi connectivity index (χ1v) is 7.98. The fraction of sp³-hybridized carbons (Fsp3) is 0.444. The second-order valence-electron chi connectivity index (χ2n) is 6.11. The summed E-state index contributed by atoms with van der Waals surface area (Å²) in [5.74, 6) is 1.94. The molecule has 0 amide bonds. The topological polar surface area (TPSA) is 62.5 Å². The van der Waals surface area contributed by atoms with Gasteiger partial charge in [-0.05, 0) is 31.9 Å². The fourth-order valence-corrected chi connectivity index (χ4v) is 1.97. The van der Waals surface area contributed by atoms with Gasteiger partial charge in [-0.25, -0.2) is 4.98 Å². The van der Waals surface area contributed by atoms with E-state index in [1.807, 2.05) is 12.1 Å². The van der Waals surface area contributed by atoms with E-state index >= 15 is 0 Å². The summed E-state index contributed by atoms with van der Waals surface area (Å²) in [6, 6.07) is 8.49. The standard InChI is InChI=1S/C18H26N4O/c1-12(2)14(4)21-18(19-5)20-10-16-11-23-17(22-16)15-8-6-13(3)7-9-15/h6-9,11-12,14H,10H2,1-5H3,(H2,19,20,21). The maximum atomic E-state index is 5.56. The van der Waals surface area contributed by atoms with Crippen molar-refractivity contribution in [3.63, 3.8) is 0 Å². The van der Waals surface area contributed by atoms with Crippen molar-refractivity contribution in [3.05, 3.63) is 41.8 Å². The number of aryl methyl sites for hydroxylation is 1. The fourth-order valence-electron chi connectivity index (χ4n) is 1.97. The molecule has 1 heterocycles. The molecule has 1 unspecified atom stereocenters. The molecule has 23 heavy (non-hydrogen) atoms. The van der Waals surface area contributed by atoms with E-state index in [0.29, 0.717) is 24.4 Å². The summed E-state index contributed by atoms with van der Waals surface area (Å²) in [5, 5.41) is 6.62. The minimum atomic E-state index is 0.349. The zero-order valence-electron chi connectivity index (χ0n) is 14.6. The minimum absolute atomic E-state index is 0.349. The van der Waals surface area contributed by atoms with Crippen molar-refractivity contribution in [1.29, 1.82) is 0 Å². The summed E-state index contributed by atoms with van der Waals surface area (Å²) < 4.78 is 5.56. The van der Waals surface area contributed by atoms with Crippen LogP contribution < -0.4 is 10.6 Å². The van der Waals surface area contributed by atoms with Gasteiger partial charge in [0.25, 0.3) is 0 Å². The molecule has 0 radical (unpaired) electrons. The van der Waals surface area contributed by atoms with Crippen molar-refractivity contribution < 1.29 is 4.42 Å². The van der Waals surface area contributed by atoms with Crippen molar-refractivity contribution >= 4 is 5.96 Å². The van der Waals surface area contributed by atoms with Crippen molar-refractivity contribution in [2.45, 2.75) is 40.3 Å². The lowest BCUT2D eigenvalue weighted by atomic mass is 10.1. The molecule has 0 bridgehead atoms. The van der Waals surface area contributed by atoms with Crippen molar-refractivity contribution in [2.75, 3.05) is 7.05 Å². The van der Waals surface area contributed by atoms with E-state index in [2.05, 4.69) is 60.4 Å². The van der Waals surface area contributed by atoms with E-state index in [0.717, 1.165) is 17.2 Å². The number of aromatic nitrogens is 1. The van der Waals surface area contributed by atoms with Crippen LogP contribution in [0.15, 0.2) is 39.9 Å². The average Bonchev–Trinajstić information content (AvgIpc) is 3.00. The predicted octanol–water partition coefficient (Wildman–Crippen LogP) is 3.36. The molecule has 0 aliphatic carbocycles. The van der Waals surface area contributed by atoms with Gasteiger partial charge in [0.2, 0.25) is 5.89 Å². The molecule has 1 aromatic heterocycles. The van der Waals surface area contributed by atoms with Crippen LogP contribution in [0, 0.1) is 12.8 Å². The summed E-state index contributed by atoms with van der Waals surface area (Å²) >= 11 is 0. The van der Waals surface area contributed by atoms with E-state index in [4.69, 9.17) is 4.42 Å². The quantitative estimate of drug-likeness (QED) is 0.656. The summed E-state index contributed by atoms with van der Waals surface area (Å²) in [6.07, 6.45) is 1.68. The van der Waals surface area contributed by atoms with Gasteiger partial charge < -0.3 is 15.1 Å². The third-order valence-electron chi connectivity index (χ3n) is 3.88. The highest BCUT2D eigenvalue weighted by Crippen LogP contribution is 2.18. The molecule has 2 aromatic rings. The Morgan fingerprint density at radius 1 is 1.22 bits per heavy atom. The van der Waals surface area contributed by atoms with Crippen molar-refractivity contribution in [3.8, 4) is 11.5 Å². The van der Waals surface area contributed by atoms with Gasteiger partial charge in [0.05, 0.1) is 12.2 Å². The summed E-state index contributed by atoms with van der Waals surface area (Å²) in [6.45, 7) is 9.13. The number of nitrogens with zero attached hydrogens (tertiary/aromatic N) is 2. The van der Waals surface area contributed by atoms with Gasteiger partial charge in [-0.1, -0.05) is 31.5 Å². The van der Waals surface area contributed by atoms with Gasteiger partial charge in [0.15, 0.2) is 5.96 Å². The van der Waals surface area contributed by atoms with Gasteiger partial charge in [-0.15, -0.1) is 0 Å². The smallest absolute Gasteiger partial charge is 0.226 e. The minimum Gasteiger partial charge on any atom is -0.444 e. The van der Waals surface area contributed by atoms with E-state index in [1.165, 1.54) is 5.56 Å². The van der Waals surface area contributed by atoms with E-state index in [9.17, 15) is 0 Å². The van der Waals surface area contributed by atoms with Crippen LogP contribution in [0.2, 0.25) is 0 Å². The monoisotopic (exact) mass is 314 g/mol. The van der Waals surface area contributed by atoms with Gasteiger partial charge in [0.1, 0.15) is 6.26 Å². The number of benzene rings is 1. The van der Waals surface area contributed by atoms with E-state index in [-0.39, 0.29) is 0 Å². The number of aliphatic imine (C=N–C) groups is 1. The number of hydrogen-bond acceptors (Lipinski definition) is 3. The number of hydrogen-bond donors (Lipinski definition) is 2. The molecule has 2 N–H and O–H groups in total. The molecule has 0 aliphatic rings. The van der Waals surface area contributed by atoms with Crippen molar-refractivity contribution in [2.24, 2.45) is 10.9 Å². The van der Waals surface area contributed by atoms with Gasteiger partial charge in [-0.3, -0.25) is 4.99 Å². The molecule has 0 aliphatic heterocycles. The normalized spacial score (nSPS) is 13.2. The lowest BCUT2D eigenvalue weighted by Crippen LogP contribution is -2.43. The highest BCUT2D eigenvalue weighted by molar-refractivity contribution is 5.79. The summed E-state index contributed by atoms with van der Waals surface area (Å²) in [4.78, 5) is 8.75. The average molecular weight is 314 g/mol. The first-order chi connectivity index (χ1) is 11.0. The first kappa shape index (κ1) is 17.1. The second-order valence-corrected chi connectivity index (χ2v) is 6.11. The van der Waals surface area contributed by atoms with Crippen molar-refractivity contribution in [1.82, 2.24) is 15.6 Å². The molecular formula is C18H26N4O. The summed E-state index contributed by atoms with van der Waals surface area (Å²) in [7, 11) is 1.77. The molecule has 5 nitrogen and oxygen atoms in total. The van der Waals surface area contributed by atoms with Crippen LogP contribution in [0.5, 0.6) is 0 Å². The molecule has 0 fully saturated rings. The molecule has 5 heteroatoms. The first-order valence-electron chi connectivity index (χ1n) is 7.98. The van der Waals surface area contributed by atoms with Crippen LogP contribution in [-0.2, 0) is 6.54 Å². The number of rotatable bonds is 5. The van der Waals surface area contributed by atoms with Crippen LogP contribution in [0.4, 0.5) is 0 Å². The Morgan fingerprint density at radius 3 is 2.52 bits per heavy atom. The lowest BCUT2D eigenvalue weighted by molar-refractivity contribution is 0.480. The maximum Gasteiger partial charge on any atom is 0.226 e. The van der Waals surface area contributed by atoms with E-state index < -0.39 is 0 Å². The van der Waals surface area contributed by atoms with E-state index in [1.54, 1.807) is 13.3 Å². The Bertz CT molecular complexity index is 643. The molecule has 1 atom stereocenters. The Morgan fingerprint density at radius 2 is 1.91 bits per heavy atom. The molecular weight excluding hydrogens is 288 g/mol. The third kappa shape index (κ3) is 4.84. The molecule has 0 saturated carbocycles. The van der Waals surface area contributed by atoms with Crippen LogP contribution in [0.25, 0.3) is 11.5 Å². The highest BCUT2D eigenvalue weighted by Gasteiger charge is 2.10. The highest BCUT2D eigenvalue weighted by atomic mass is 16.3. The van der Waals surface area contributed by atoms with Gasteiger partial charge >= 0.3 is 0 Å². The Kier molecular flexibility index (Phi) is 5.79. The molecule has 124 valence electrons. The van der Waals surface area contributed by atoms with Gasteiger partial charge in [0, 0.05) is 18.7 Å². The molecule has 1 aromatic carbocycles. The number of guanidine groups is 1. The van der Waals surface area contributed by atoms with Crippen LogP contribution in [0.3, 0.4) is 0 Å². The SMILES string of the molecule is CN=C(NCc1coc(-c2ccc(C)cc2)n1)NC(C)C(C)C. The van der Waals surface area contributed by atoms with Gasteiger partial charge in [-0.2, -0.15) is 0 Å². The number of nitrogens with one attached hydrogen (secondary N) is 2. The molecule has 0 spiro atoms. The Labute approximate surface area is 138 Å². The Hall–Kier alpha value is -2.30. The zero-order chi connectivity index (χ0) is 16.8. The Balaban J connectivity index is 1.95. The largest absolute Gasteiger partial charge is 0.444 e. The predicted molar refractivity (Wildman–Crippen MR) is 94.3 cm³/mol. The molecule has 2 rings (SSSR count). The molecule has 0 saturated heterocycles. The van der Waals surface area contributed by atoms with Crippen LogP contribution >= 0.6 is 0 Å². The zero-order valence-corrected chi connectivity index (χ0v) is 14.6. The van der Waals surface area contributed by atoms with Crippen LogP contribution in [-0.4, -0.2) is 24.0 Å². The lowest BCUT2D eigenvalue weighted by Gasteiger charge is -2.20. The second kappa shape index (κ2) is 7.81. The summed E-state index contributed by atoms with van der Waals surface area (Å²) in [5.41, 5.74) is 3.05.